The molecule has 0 aliphatic heterocycles. The SMILES string of the molecule is C=CC1(CCCOC(=O)C(=C)C)c2ccc(C(F)(F)F)cc2-c2ccc(-c3ccc4ccc5cc(C(C)(C)C)cc6ccc3c4c56)cc21. The van der Waals surface area contributed by atoms with Gasteiger partial charge in [0.25, 0.3) is 0 Å². The van der Waals surface area contributed by atoms with Crippen molar-refractivity contribution in [1.29, 1.82) is 0 Å². The van der Waals surface area contributed by atoms with Gasteiger partial charge in [0.1, 0.15) is 0 Å². The number of hydrogen-bond donors (Lipinski definition) is 0. The molecule has 0 saturated heterocycles. The molecule has 0 fully saturated rings. The molecule has 0 bridgehead atoms. The van der Waals surface area contributed by atoms with Gasteiger partial charge in [-0.25, -0.2) is 4.79 Å². The molecule has 6 aromatic carbocycles. The highest BCUT2D eigenvalue weighted by molar-refractivity contribution is 6.25. The number of esters is 1. The molecule has 1 aliphatic rings. The minimum absolute atomic E-state index is 0.0162. The first-order valence-corrected chi connectivity index (χ1v) is 16.3. The molecular weight excluding hydrogens is 605 g/mol. The van der Waals surface area contributed by atoms with E-state index in [2.05, 4.69) is 88.5 Å². The molecule has 0 amide bonds. The number of carbonyl (C=O) groups excluding carboxylic acids is 1. The number of fused-ring (bicyclic) bond motifs is 3. The number of carbonyl (C=O) groups is 1. The predicted octanol–water partition coefficient (Wildman–Crippen LogP) is 11.9. The molecule has 2 nitrogen and oxygen atoms in total. The Balaban J connectivity index is 1.39. The molecule has 5 heteroatoms. The molecule has 0 heterocycles. The fourth-order valence-electron chi connectivity index (χ4n) is 7.53. The van der Waals surface area contributed by atoms with E-state index in [9.17, 15) is 18.0 Å². The second kappa shape index (κ2) is 11.1. The van der Waals surface area contributed by atoms with Crippen molar-refractivity contribution in [1.82, 2.24) is 0 Å². The summed E-state index contributed by atoms with van der Waals surface area (Å²) in [6, 6.07) is 27.7. The molecule has 242 valence electrons. The Morgan fingerprint density at radius 1 is 0.771 bits per heavy atom. The van der Waals surface area contributed by atoms with E-state index in [0.29, 0.717) is 24.0 Å². The van der Waals surface area contributed by atoms with Crippen LogP contribution in [-0.2, 0) is 26.5 Å². The van der Waals surface area contributed by atoms with E-state index in [1.165, 1.54) is 33.2 Å². The maximum Gasteiger partial charge on any atom is 0.416 e. The predicted molar refractivity (Wildman–Crippen MR) is 191 cm³/mol. The van der Waals surface area contributed by atoms with Gasteiger partial charge in [0, 0.05) is 11.0 Å². The van der Waals surface area contributed by atoms with Crippen LogP contribution in [0.2, 0.25) is 0 Å². The average Bonchev–Trinajstić information content (AvgIpc) is 3.32. The topological polar surface area (TPSA) is 26.3 Å². The first-order chi connectivity index (χ1) is 22.7. The van der Waals surface area contributed by atoms with Gasteiger partial charge in [0.05, 0.1) is 12.2 Å². The third kappa shape index (κ3) is 4.99. The van der Waals surface area contributed by atoms with Gasteiger partial charge in [-0.05, 0) is 115 Å². The standard InChI is InChI=1S/C43H37F3O2/c1-7-42(19-8-20-48-40(47)25(2)3)36-18-14-30(43(44,45)46)24-35(36)33-16-12-27(23-37(33)42)32-15-11-26-9-10-28-21-31(41(4,5)6)22-29-13-17-34(32)39(26)38(28)29/h7,9-18,21-24H,1-2,8,19-20H2,3-6H3. The molecule has 6 aromatic rings. The lowest BCUT2D eigenvalue weighted by atomic mass is 9.74. The van der Waals surface area contributed by atoms with Crippen molar-refractivity contribution >= 4 is 38.3 Å². The van der Waals surface area contributed by atoms with E-state index >= 15 is 0 Å². The van der Waals surface area contributed by atoms with Crippen LogP contribution in [0.3, 0.4) is 0 Å². The second-order valence-corrected chi connectivity index (χ2v) is 14.2. The van der Waals surface area contributed by atoms with Gasteiger partial charge in [-0.1, -0.05) is 100 Å². The summed E-state index contributed by atoms with van der Waals surface area (Å²) < 4.78 is 47.1. The summed E-state index contributed by atoms with van der Waals surface area (Å²) in [7, 11) is 0. The van der Waals surface area contributed by atoms with Gasteiger partial charge in [0.2, 0.25) is 0 Å². The minimum Gasteiger partial charge on any atom is -0.462 e. The molecule has 0 spiro atoms. The molecule has 1 unspecified atom stereocenters. The summed E-state index contributed by atoms with van der Waals surface area (Å²) in [6.07, 6.45) is -1.64. The molecule has 0 radical (unpaired) electrons. The second-order valence-electron chi connectivity index (χ2n) is 14.2. The van der Waals surface area contributed by atoms with Gasteiger partial charge in [-0.2, -0.15) is 13.2 Å². The molecule has 1 atom stereocenters. The van der Waals surface area contributed by atoms with E-state index in [0.717, 1.165) is 44.7 Å². The number of allylic oxidation sites excluding steroid dienone is 1. The lowest BCUT2D eigenvalue weighted by Crippen LogP contribution is -2.23. The third-order valence-corrected chi connectivity index (χ3v) is 10.0. The van der Waals surface area contributed by atoms with E-state index < -0.39 is 23.1 Å². The number of alkyl halides is 3. The van der Waals surface area contributed by atoms with Gasteiger partial charge in [0.15, 0.2) is 0 Å². The highest BCUT2D eigenvalue weighted by Gasteiger charge is 2.42. The Morgan fingerprint density at radius 3 is 2.10 bits per heavy atom. The third-order valence-electron chi connectivity index (χ3n) is 10.0. The first kappa shape index (κ1) is 31.7. The number of benzene rings is 6. The first-order valence-electron chi connectivity index (χ1n) is 16.3. The van der Waals surface area contributed by atoms with E-state index in [1.54, 1.807) is 13.0 Å². The maximum atomic E-state index is 13.9. The number of rotatable bonds is 7. The van der Waals surface area contributed by atoms with Crippen LogP contribution in [0.5, 0.6) is 0 Å². The van der Waals surface area contributed by atoms with Crippen LogP contribution in [0, 0.1) is 0 Å². The largest absolute Gasteiger partial charge is 0.462 e. The zero-order valence-electron chi connectivity index (χ0n) is 27.6. The van der Waals surface area contributed by atoms with Crippen LogP contribution in [0.15, 0.2) is 110 Å². The van der Waals surface area contributed by atoms with E-state index in [-0.39, 0.29) is 12.0 Å². The average molecular weight is 643 g/mol. The van der Waals surface area contributed by atoms with Crippen LogP contribution in [0.4, 0.5) is 13.2 Å². The van der Waals surface area contributed by atoms with Gasteiger partial charge in [-0.15, -0.1) is 6.58 Å². The van der Waals surface area contributed by atoms with Crippen molar-refractivity contribution in [3.63, 3.8) is 0 Å². The van der Waals surface area contributed by atoms with Crippen LogP contribution < -0.4 is 0 Å². The van der Waals surface area contributed by atoms with E-state index in [1.807, 2.05) is 18.2 Å². The summed E-state index contributed by atoms with van der Waals surface area (Å²) in [5, 5.41) is 7.13. The molecular formula is C43H37F3O2. The monoisotopic (exact) mass is 642 g/mol. The van der Waals surface area contributed by atoms with Gasteiger partial charge in [-0.3, -0.25) is 0 Å². The minimum atomic E-state index is -4.47. The fraction of sp³-hybridized carbons (Fsp3) is 0.233. The molecule has 0 saturated carbocycles. The zero-order chi connectivity index (χ0) is 34.2. The Morgan fingerprint density at radius 2 is 1.44 bits per heavy atom. The van der Waals surface area contributed by atoms with Crippen molar-refractivity contribution in [2.75, 3.05) is 6.61 Å². The van der Waals surface area contributed by atoms with E-state index in [4.69, 9.17) is 4.74 Å². The van der Waals surface area contributed by atoms with Crippen molar-refractivity contribution < 1.29 is 22.7 Å². The number of halogens is 3. The lowest BCUT2D eigenvalue weighted by Gasteiger charge is -2.29. The Labute approximate surface area is 278 Å². The Kier molecular flexibility index (Phi) is 7.32. The van der Waals surface area contributed by atoms with Gasteiger partial charge < -0.3 is 4.74 Å². The summed E-state index contributed by atoms with van der Waals surface area (Å²) >= 11 is 0. The van der Waals surface area contributed by atoms with Crippen molar-refractivity contribution in [2.24, 2.45) is 0 Å². The summed E-state index contributed by atoms with van der Waals surface area (Å²) in [5.41, 5.74) is 5.17. The fourth-order valence-corrected chi connectivity index (χ4v) is 7.53. The smallest absolute Gasteiger partial charge is 0.416 e. The van der Waals surface area contributed by atoms with Crippen LogP contribution in [0.1, 0.15) is 62.8 Å². The molecule has 1 aliphatic carbocycles. The summed E-state index contributed by atoms with van der Waals surface area (Å²) in [5.74, 6) is -0.462. The highest BCUT2D eigenvalue weighted by Crippen LogP contribution is 2.54. The van der Waals surface area contributed by atoms with Crippen LogP contribution >= 0.6 is 0 Å². The van der Waals surface area contributed by atoms with Crippen molar-refractivity contribution in [2.45, 2.75) is 57.5 Å². The van der Waals surface area contributed by atoms with Crippen LogP contribution in [0.25, 0.3) is 54.6 Å². The lowest BCUT2D eigenvalue weighted by molar-refractivity contribution is -0.139. The molecule has 7 rings (SSSR count). The quantitative estimate of drug-likeness (QED) is 0.0569. The van der Waals surface area contributed by atoms with Crippen molar-refractivity contribution in [3.05, 3.63) is 132 Å². The van der Waals surface area contributed by atoms with Crippen LogP contribution in [-0.4, -0.2) is 12.6 Å². The molecule has 0 aromatic heterocycles. The molecule has 0 N–H and O–H groups in total. The Bertz CT molecular complexity index is 2270. The Hall–Kier alpha value is -4.90. The number of ether oxygens (including phenoxy) is 1. The number of hydrogen-bond acceptors (Lipinski definition) is 2. The summed E-state index contributed by atoms with van der Waals surface area (Å²) in [6.45, 7) is 16.3. The van der Waals surface area contributed by atoms with Gasteiger partial charge >= 0.3 is 12.1 Å². The van der Waals surface area contributed by atoms with Crippen molar-refractivity contribution in [3.8, 4) is 22.3 Å². The maximum absolute atomic E-state index is 13.9. The summed E-state index contributed by atoms with van der Waals surface area (Å²) in [4.78, 5) is 12.1. The zero-order valence-corrected chi connectivity index (χ0v) is 27.6. The molecule has 48 heavy (non-hydrogen) atoms. The normalized spacial score (nSPS) is 16.0. The highest BCUT2D eigenvalue weighted by atomic mass is 19.4.